The number of para-hydroxylation sites is 1. The summed E-state index contributed by atoms with van der Waals surface area (Å²) in [6, 6.07) is 7.39. The highest BCUT2D eigenvalue weighted by Crippen LogP contribution is 2.43. The van der Waals surface area contributed by atoms with Crippen molar-refractivity contribution >= 4 is 27.6 Å². The summed E-state index contributed by atoms with van der Waals surface area (Å²) in [5.41, 5.74) is 3.16. The summed E-state index contributed by atoms with van der Waals surface area (Å²) in [5.74, 6) is 3.11. The molecule has 4 rings (SSSR count). The summed E-state index contributed by atoms with van der Waals surface area (Å²) >= 11 is 0. The van der Waals surface area contributed by atoms with Crippen molar-refractivity contribution < 1.29 is 24.1 Å². The van der Waals surface area contributed by atoms with E-state index >= 15 is 0 Å². The van der Waals surface area contributed by atoms with E-state index in [-0.39, 0.29) is 24.7 Å². The minimum absolute atomic E-state index is 0.122. The number of aromatic nitrogens is 3. The van der Waals surface area contributed by atoms with Crippen LogP contribution in [0.1, 0.15) is 5.56 Å². The van der Waals surface area contributed by atoms with Crippen LogP contribution in [0.25, 0.3) is 27.6 Å². The molecule has 0 unspecified atom stereocenters. The first-order valence-corrected chi connectivity index (χ1v) is 9.35. The Morgan fingerprint density at radius 2 is 1.83 bits per heavy atom. The molecule has 8 heteroatoms. The van der Waals surface area contributed by atoms with E-state index in [4.69, 9.17) is 30.4 Å². The number of nitrogens with zero attached hydrogens (tertiary/aromatic N) is 3. The van der Waals surface area contributed by atoms with Gasteiger partial charge in [0, 0.05) is 14.2 Å². The molecule has 154 valence electrons. The normalized spacial score (nSPS) is 11.2. The third-order valence-corrected chi connectivity index (χ3v) is 4.69. The molecule has 2 aromatic heterocycles. The zero-order chi connectivity index (χ0) is 21.1. The molecule has 2 heterocycles. The van der Waals surface area contributed by atoms with Crippen molar-refractivity contribution in [1.82, 2.24) is 14.4 Å². The van der Waals surface area contributed by atoms with Gasteiger partial charge in [0.1, 0.15) is 36.2 Å². The van der Waals surface area contributed by atoms with Crippen LogP contribution in [0.2, 0.25) is 0 Å². The van der Waals surface area contributed by atoms with Crippen LogP contribution in [-0.2, 0) is 9.47 Å². The van der Waals surface area contributed by atoms with E-state index in [0.29, 0.717) is 46.6 Å². The first-order chi connectivity index (χ1) is 14.7. The number of terminal acetylenes is 1. The Morgan fingerprint density at radius 3 is 2.57 bits per heavy atom. The van der Waals surface area contributed by atoms with Crippen molar-refractivity contribution in [3.63, 3.8) is 0 Å². The summed E-state index contributed by atoms with van der Waals surface area (Å²) in [5, 5.41) is 11.5. The molecule has 30 heavy (non-hydrogen) atoms. The second kappa shape index (κ2) is 8.45. The molecule has 0 bridgehead atoms. The van der Waals surface area contributed by atoms with Gasteiger partial charge >= 0.3 is 0 Å². The SMILES string of the molecule is C#Cc1cccc2c1nc1c3cc(OCCOC)c(OCCOC)c(O)c3ncn21. The Hall–Kier alpha value is -3.54. The molecule has 0 atom stereocenters. The van der Waals surface area contributed by atoms with Crippen molar-refractivity contribution in [2.75, 3.05) is 40.6 Å². The van der Waals surface area contributed by atoms with E-state index < -0.39 is 0 Å². The fourth-order valence-corrected chi connectivity index (χ4v) is 3.28. The molecule has 0 spiro atoms. The highest BCUT2D eigenvalue weighted by Gasteiger charge is 2.20. The van der Waals surface area contributed by atoms with Crippen LogP contribution in [0, 0.1) is 12.3 Å². The molecule has 0 saturated carbocycles. The predicted molar refractivity (Wildman–Crippen MR) is 112 cm³/mol. The van der Waals surface area contributed by atoms with Gasteiger partial charge in [0.2, 0.25) is 5.75 Å². The first kappa shape index (κ1) is 19.8. The molecule has 0 amide bonds. The van der Waals surface area contributed by atoms with Gasteiger partial charge < -0.3 is 24.1 Å². The lowest BCUT2D eigenvalue weighted by atomic mass is 10.2. The number of hydrogen-bond donors (Lipinski definition) is 1. The molecule has 0 fully saturated rings. The molecule has 2 aromatic carbocycles. The molecule has 4 aromatic rings. The Bertz CT molecular complexity index is 1260. The summed E-state index contributed by atoms with van der Waals surface area (Å²) < 4.78 is 23.5. The number of rotatable bonds is 8. The third-order valence-electron chi connectivity index (χ3n) is 4.69. The summed E-state index contributed by atoms with van der Waals surface area (Å²) in [4.78, 5) is 9.17. The average molecular weight is 407 g/mol. The Labute approximate surface area is 173 Å². The smallest absolute Gasteiger partial charge is 0.205 e. The van der Waals surface area contributed by atoms with Gasteiger partial charge in [-0.1, -0.05) is 12.0 Å². The Kier molecular flexibility index (Phi) is 5.57. The van der Waals surface area contributed by atoms with Crippen LogP contribution in [0.4, 0.5) is 0 Å². The predicted octanol–water partition coefficient (Wildman–Crippen LogP) is 2.77. The Morgan fingerprint density at radius 1 is 1.07 bits per heavy atom. The monoisotopic (exact) mass is 407 g/mol. The van der Waals surface area contributed by atoms with E-state index in [9.17, 15) is 5.11 Å². The van der Waals surface area contributed by atoms with Crippen LogP contribution >= 0.6 is 0 Å². The zero-order valence-electron chi connectivity index (χ0n) is 16.7. The number of imidazole rings is 1. The number of hydrogen-bond acceptors (Lipinski definition) is 7. The van der Waals surface area contributed by atoms with Gasteiger partial charge in [-0.2, -0.15) is 0 Å². The van der Waals surface area contributed by atoms with E-state index in [1.165, 1.54) is 0 Å². The van der Waals surface area contributed by atoms with Crippen LogP contribution in [0.15, 0.2) is 30.6 Å². The fraction of sp³-hybridized carbons (Fsp3) is 0.273. The van der Waals surface area contributed by atoms with E-state index in [2.05, 4.69) is 10.9 Å². The minimum Gasteiger partial charge on any atom is -0.503 e. The maximum atomic E-state index is 10.9. The number of methoxy groups -OCH3 is 2. The Balaban J connectivity index is 1.94. The van der Waals surface area contributed by atoms with Crippen molar-refractivity contribution in [2.24, 2.45) is 0 Å². The van der Waals surface area contributed by atoms with Crippen molar-refractivity contribution in [3.05, 3.63) is 36.2 Å². The quantitative estimate of drug-likeness (QED) is 0.355. The zero-order valence-corrected chi connectivity index (χ0v) is 16.7. The number of ether oxygens (including phenoxy) is 4. The molecule has 8 nitrogen and oxygen atoms in total. The van der Waals surface area contributed by atoms with Crippen molar-refractivity contribution in [1.29, 1.82) is 0 Å². The van der Waals surface area contributed by atoms with E-state index in [1.807, 2.05) is 22.6 Å². The van der Waals surface area contributed by atoms with Crippen LogP contribution in [0.5, 0.6) is 17.2 Å². The first-order valence-electron chi connectivity index (χ1n) is 9.35. The molecule has 1 N–H and O–H groups in total. The molecule has 0 radical (unpaired) electrons. The lowest BCUT2D eigenvalue weighted by Gasteiger charge is -2.15. The summed E-state index contributed by atoms with van der Waals surface area (Å²) in [6.07, 6.45) is 7.24. The van der Waals surface area contributed by atoms with Gasteiger partial charge in [0.25, 0.3) is 0 Å². The molecular weight excluding hydrogens is 386 g/mol. The van der Waals surface area contributed by atoms with Crippen LogP contribution in [0.3, 0.4) is 0 Å². The second-order valence-corrected chi connectivity index (χ2v) is 6.50. The molecule has 0 aliphatic rings. The lowest BCUT2D eigenvalue weighted by Crippen LogP contribution is -2.09. The highest BCUT2D eigenvalue weighted by molar-refractivity contribution is 6.01. The number of phenolic OH excluding ortho intramolecular Hbond substituents is 1. The second-order valence-electron chi connectivity index (χ2n) is 6.50. The standard InChI is InChI=1S/C22H21N3O5/c1-4-14-6-5-7-16-18(14)24-22-15-12-17(29-10-8-27-2)21(30-11-9-28-3)20(26)19(15)23-13-25(16)22/h1,5-7,12-13,26H,8-11H2,2-3H3. The average Bonchev–Trinajstić information content (AvgIpc) is 3.15. The topological polar surface area (TPSA) is 87.3 Å². The highest BCUT2D eigenvalue weighted by atomic mass is 16.6. The fourth-order valence-electron chi connectivity index (χ4n) is 3.28. The molecule has 0 aliphatic heterocycles. The van der Waals surface area contributed by atoms with Crippen LogP contribution < -0.4 is 9.47 Å². The summed E-state index contributed by atoms with van der Waals surface area (Å²) in [6.45, 7) is 1.28. The number of fused-ring (bicyclic) bond motifs is 5. The minimum atomic E-state index is -0.122. The number of phenols is 1. The van der Waals surface area contributed by atoms with Gasteiger partial charge in [0.15, 0.2) is 11.5 Å². The summed E-state index contributed by atoms with van der Waals surface area (Å²) in [7, 11) is 3.16. The lowest BCUT2D eigenvalue weighted by molar-refractivity contribution is 0.131. The molecular formula is C22H21N3O5. The maximum Gasteiger partial charge on any atom is 0.205 e. The maximum absolute atomic E-state index is 10.9. The van der Waals surface area contributed by atoms with Gasteiger partial charge in [-0.15, -0.1) is 6.42 Å². The number of benzene rings is 2. The van der Waals surface area contributed by atoms with E-state index in [1.54, 1.807) is 26.6 Å². The number of aromatic hydroxyl groups is 1. The van der Waals surface area contributed by atoms with Gasteiger partial charge in [-0.3, -0.25) is 4.40 Å². The molecule has 0 saturated heterocycles. The van der Waals surface area contributed by atoms with Gasteiger partial charge in [0.05, 0.1) is 29.7 Å². The van der Waals surface area contributed by atoms with E-state index in [0.717, 1.165) is 5.52 Å². The van der Waals surface area contributed by atoms with Crippen molar-refractivity contribution in [2.45, 2.75) is 0 Å². The van der Waals surface area contributed by atoms with Crippen LogP contribution in [-0.4, -0.2) is 60.1 Å². The van der Waals surface area contributed by atoms with Gasteiger partial charge in [-0.05, 0) is 18.2 Å². The largest absolute Gasteiger partial charge is 0.503 e. The molecule has 0 aliphatic carbocycles. The van der Waals surface area contributed by atoms with Crippen molar-refractivity contribution in [3.8, 4) is 29.6 Å². The third kappa shape index (κ3) is 3.34. The van der Waals surface area contributed by atoms with Gasteiger partial charge in [-0.25, -0.2) is 9.97 Å².